The summed E-state index contributed by atoms with van der Waals surface area (Å²) < 4.78 is 15.2. The zero-order valence-electron chi connectivity index (χ0n) is 16.1. The van der Waals surface area contributed by atoms with Crippen molar-refractivity contribution in [2.75, 3.05) is 24.5 Å². The first-order chi connectivity index (χ1) is 14.1. The molecule has 1 aromatic carbocycles. The monoisotopic (exact) mass is 412 g/mol. The van der Waals surface area contributed by atoms with E-state index < -0.39 is 0 Å². The number of halogens is 1. The molecule has 0 radical (unpaired) electrons. The highest BCUT2D eigenvalue weighted by Gasteiger charge is 2.32. The van der Waals surface area contributed by atoms with Crippen LogP contribution in [0.4, 0.5) is 10.2 Å². The quantitative estimate of drug-likeness (QED) is 0.660. The van der Waals surface area contributed by atoms with Crippen molar-refractivity contribution in [3.05, 3.63) is 46.9 Å². The minimum absolute atomic E-state index is 0.126. The largest absolute Gasteiger partial charge is 0.356 e. The number of carbonyl (C=O) groups excluding carboxylic acids is 1. The summed E-state index contributed by atoms with van der Waals surface area (Å²) in [6.45, 7) is 5.20. The molecule has 4 heterocycles. The molecule has 0 bridgehead atoms. The Morgan fingerprint density at radius 3 is 2.62 bits per heavy atom. The van der Waals surface area contributed by atoms with Gasteiger partial charge in [-0.2, -0.15) is 0 Å². The van der Waals surface area contributed by atoms with E-state index in [1.165, 1.54) is 37.1 Å². The van der Waals surface area contributed by atoms with Gasteiger partial charge in [0.05, 0.1) is 6.04 Å². The molecule has 1 amide bonds. The van der Waals surface area contributed by atoms with Crippen LogP contribution in [0.25, 0.3) is 10.8 Å². The van der Waals surface area contributed by atoms with Gasteiger partial charge in [-0.3, -0.25) is 4.79 Å². The average molecular weight is 412 g/mol. The summed E-state index contributed by atoms with van der Waals surface area (Å²) in [6.07, 6.45) is 2.42. The Hall–Kier alpha value is -2.81. The lowest BCUT2D eigenvalue weighted by Crippen LogP contribution is -2.41. The lowest BCUT2D eigenvalue weighted by molar-refractivity contribution is 0.0638. The summed E-state index contributed by atoms with van der Waals surface area (Å²) in [6, 6.07) is 5.43. The molecule has 1 saturated heterocycles. The number of carbonyl (C=O) groups is 1. The van der Waals surface area contributed by atoms with Crippen LogP contribution in [-0.2, 0) is 6.54 Å². The van der Waals surface area contributed by atoms with Crippen molar-refractivity contribution < 1.29 is 9.18 Å². The molecule has 2 aromatic heterocycles. The van der Waals surface area contributed by atoms with Gasteiger partial charge in [0, 0.05) is 37.1 Å². The van der Waals surface area contributed by atoms with Crippen molar-refractivity contribution in [3.8, 4) is 10.8 Å². The molecule has 1 fully saturated rings. The van der Waals surface area contributed by atoms with Gasteiger partial charge in [-0.05, 0) is 44.0 Å². The summed E-state index contributed by atoms with van der Waals surface area (Å²) in [5, 5.41) is 11.7. The molecule has 9 heteroatoms. The lowest BCUT2D eigenvalue weighted by atomic mass is 10.1. The van der Waals surface area contributed by atoms with E-state index in [1.54, 1.807) is 16.2 Å². The molecule has 5 rings (SSSR count). The molecule has 150 valence electrons. The van der Waals surface area contributed by atoms with Gasteiger partial charge in [0.1, 0.15) is 11.6 Å². The molecule has 29 heavy (non-hydrogen) atoms. The Bertz CT molecular complexity index is 1040. The SMILES string of the molecule is C[C@@H]1c2nnc(-c3nc(N4CCCC4)cs3)n2CCN1C(=O)c1ccc(F)cc1. The zero-order valence-corrected chi connectivity index (χ0v) is 16.9. The van der Waals surface area contributed by atoms with E-state index in [-0.39, 0.29) is 17.8 Å². The van der Waals surface area contributed by atoms with Gasteiger partial charge in [0.25, 0.3) is 5.91 Å². The van der Waals surface area contributed by atoms with Gasteiger partial charge in [-0.15, -0.1) is 21.5 Å². The van der Waals surface area contributed by atoms with E-state index >= 15 is 0 Å². The summed E-state index contributed by atoms with van der Waals surface area (Å²) in [5.41, 5.74) is 0.474. The summed E-state index contributed by atoms with van der Waals surface area (Å²) in [4.78, 5) is 21.7. The second kappa shape index (κ2) is 7.22. The number of fused-ring (bicyclic) bond motifs is 1. The Morgan fingerprint density at radius 2 is 1.86 bits per heavy atom. The smallest absolute Gasteiger partial charge is 0.254 e. The molecule has 0 N–H and O–H groups in total. The second-order valence-corrected chi connectivity index (χ2v) is 8.28. The summed E-state index contributed by atoms with van der Waals surface area (Å²) >= 11 is 1.58. The molecule has 1 atom stereocenters. The third-order valence-electron chi connectivity index (χ3n) is 5.65. The first-order valence-corrected chi connectivity index (χ1v) is 10.7. The van der Waals surface area contributed by atoms with Crippen LogP contribution in [0.5, 0.6) is 0 Å². The van der Waals surface area contributed by atoms with Crippen LogP contribution >= 0.6 is 11.3 Å². The third kappa shape index (κ3) is 3.19. The minimum atomic E-state index is -0.352. The molecular formula is C20H21FN6OS. The van der Waals surface area contributed by atoms with E-state index in [0.29, 0.717) is 18.7 Å². The van der Waals surface area contributed by atoms with Gasteiger partial charge < -0.3 is 14.4 Å². The van der Waals surface area contributed by atoms with Crippen molar-refractivity contribution in [3.63, 3.8) is 0 Å². The normalized spacial score (nSPS) is 18.9. The van der Waals surface area contributed by atoms with Crippen LogP contribution in [-0.4, -0.2) is 50.2 Å². The van der Waals surface area contributed by atoms with Gasteiger partial charge in [-0.25, -0.2) is 9.37 Å². The van der Waals surface area contributed by atoms with Crippen LogP contribution in [0, 0.1) is 5.82 Å². The van der Waals surface area contributed by atoms with Crippen molar-refractivity contribution in [1.29, 1.82) is 0 Å². The maximum atomic E-state index is 13.2. The molecule has 0 saturated carbocycles. The number of hydrogen-bond acceptors (Lipinski definition) is 6. The highest BCUT2D eigenvalue weighted by Crippen LogP contribution is 2.33. The predicted octanol–water partition coefficient (Wildman–Crippen LogP) is 3.36. The number of amides is 1. The number of thiazole rings is 1. The maximum Gasteiger partial charge on any atom is 0.254 e. The molecule has 7 nitrogen and oxygen atoms in total. The fraction of sp³-hybridized carbons (Fsp3) is 0.400. The van der Waals surface area contributed by atoms with E-state index in [2.05, 4.69) is 25.0 Å². The van der Waals surface area contributed by atoms with E-state index in [1.807, 2.05) is 6.92 Å². The second-order valence-electron chi connectivity index (χ2n) is 7.42. The van der Waals surface area contributed by atoms with E-state index in [9.17, 15) is 9.18 Å². The van der Waals surface area contributed by atoms with Crippen molar-refractivity contribution in [2.24, 2.45) is 0 Å². The van der Waals surface area contributed by atoms with Gasteiger partial charge in [0.2, 0.25) is 0 Å². The number of nitrogens with zero attached hydrogens (tertiary/aromatic N) is 6. The standard InChI is InChI=1S/C20H21FN6OS/c1-13-17-23-24-18(19-22-16(12-29-19)25-8-2-3-9-25)27(17)11-10-26(13)20(28)14-4-6-15(21)7-5-14/h4-7,12-13H,2-3,8-11H2,1H3/t13-/m1/s1. The first-order valence-electron chi connectivity index (χ1n) is 9.82. The molecule has 2 aliphatic rings. The average Bonchev–Trinajstić information content (AvgIpc) is 3.47. The molecule has 0 spiro atoms. The van der Waals surface area contributed by atoms with Gasteiger partial charge >= 0.3 is 0 Å². The van der Waals surface area contributed by atoms with E-state index in [4.69, 9.17) is 4.98 Å². The third-order valence-corrected chi connectivity index (χ3v) is 6.48. The fourth-order valence-corrected chi connectivity index (χ4v) is 4.86. The number of hydrogen-bond donors (Lipinski definition) is 0. The molecule has 3 aromatic rings. The Labute approximate surface area is 171 Å². The Morgan fingerprint density at radius 1 is 1.10 bits per heavy atom. The number of aromatic nitrogens is 4. The van der Waals surface area contributed by atoms with Crippen molar-refractivity contribution in [1.82, 2.24) is 24.6 Å². The highest BCUT2D eigenvalue weighted by molar-refractivity contribution is 7.13. The Kier molecular flexibility index (Phi) is 4.54. The predicted molar refractivity (Wildman–Crippen MR) is 108 cm³/mol. The van der Waals surface area contributed by atoms with Crippen LogP contribution in [0.2, 0.25) is 0 Å². The van der Waals surface area contributed by atoms with Crippen LogP contribution in [0.3, 0.4) is 0 Å². The zero-order chi connectivity index (χ0) is 20.0. The van der Waals surface area contributed by atoms with Crippen molar-refractivity contribution in [2.45, 2.75) is 32.4 Å². The van der Waals surface area contributed by atoms with Crippen molar-refractivity contribution >= 4 is 23.1 Å². The molecular weight excluding hydrogens is 391 g/mol. The maximum absolute atomic E-state index is 13.2. The number of benzene rings is 1. The molecule has 2 aliphatic heterocycles. The van der Waals surface area contributed by atoms with Crippen LogP contribution < -0.4 is 4.90 Å². The fourth-order valence-electron chi connectivity index (χ4n) is 4.04. The van der Waals surface area contributed by atoms with Crippen LogP contribution in [0.1, 0.15) is 42.0 Å². The summed E-state index contributed by atoms with van der Waals surface area (Å²) in [7, 11) is 0. The lowest BCUT2D eigenvalue weighted by Gasteiger charge is -2.33. The first kappa shape index (κ1) is 18.2. The van der Waals surface area contributed by atoms with Gasteiger partial charge in [-0.1, -0.05) is 0 Å². The minimum Gasteiger partial charge on any atom is -0.356 e. The molecule has 0 unspecified atom stereocenters. The van der Waals surface area contributed by atoms with E-state index in [0.717, 1.165) is 35.6 Å². The number of rotatable bonds is 3. The highest BCUT2D eigenvalue weighted by atomic mass is 32.1. The topological polar surface area (TPSA) is 67.2 Å². The number of anilines is 1. The molecule has 0 aliphatic carbocycles. The summed E-state index contributed by atoms with van der Waals surface area (Å²) in [5.74, 6) is 2.04. The van der Waals surface area contributed by atoms with Gasteiger partial charge in [0.15, 0.2) is 16.7 Å². The Balaban J connectivity index is 1.39. The van der Waals surface area contributed by atoms with Crippen LogP contribution in [0.15, 0.2) is 29.6 Å².